The fourth-order valence-electron chi connectivity index (χ4n) is 3.88. The van der Waals surface area contributed by atoms with E-state index < -0.39 is 11.8 Å². The molecule has 0 spiro atoms. The van der Waals surface area contributed by atoms with Crippen LogP contribution in [0.3, 0.4) is 0 Å². The van der Waals surface area contributed by atoms with E-state index in [-0.39, 0.29) is 6.04 Å². The van der Waals surface area contributed by atoms with E-state index >= 15 is 0 Å². The molecule has 4 rings (SSSR count). The highest BCUT2D eigenvalue weighted by atomic mass is 16.2. The molecule has 0 saturated heterocycles. The normalized spacial score (nSPS) is 19.0. The summed E-state index contributed by atoms with van der Waals surface area (Å²) in [7, 11) is 0. The minimum atomic E-state index is -0.533. The number of rotatable bonds is 1. The lowest BCUT2D eigenvalue weighted by molar-refractivity contribution is -0.146. The van der Waals surface area contributed by atoms with Crippen LogP contribution in [0.5, 0.6) is 0 Å². The Hall–Kier alpha value is -2.89. The summed E-state index contributed by atoms with van der Waals surface area (Å²) >= 11 is 0. The van der Waals surface area contributed by atoms with Crippen LogP contribution in [0.2, 0.25) is 0 Å². The van der Waals surface area contributed by atoms with Gasteiger partial charge in [0.2, 0.25) is 0 Å². The van der Waals surface area contributed by atoms with Gasteiger partial charge >= 0.3 is 11.8 Å². The largest absolute Gasteiger partial charge is 0.370 e. The van der Waals surface area contributed by atoms with Crippen LogP contribution < -0.4 is 10.6 Å². The van der Waals surface area contributed by atoms with E-state index in [4.69, 9.17) is 0 Å². The molecule has 0 bridgehead atoms. The number of pyridine rings is 1. The molecule has 6 heteroatoms. The quantitative estimate of drug-likeness (QED) is 0.762. The number of amides is 2. The maximum Gasteiger partial charge on any atom is 0.312 e. The van der Waals surface area contributed by atoms with Gasteiger partial charge in [0.25, 0.3) is 0 Å². The average molecular weight is 364 g/mol. The first-order valence-corrected chi connectivity index (χ1v) is 9.58. The molecule has 0 radical (unpaired) electrons. The van der Waals surface area contributed by atoms with Gasteiger partial charge in [0, 0.05) is 31.4 Å². The zero-order valence-electron chi connectivity index (χ0n) is 15.3. The van der Waals surface area contributed by atoms with Crippen molar-refractivity contribution in [3.05, 3.63) is 59.3 Å². The maximum atomic E-state index is 12.8. The molecule has 1 aromatic heterocycles. The lowest BCUT2D eigenvalue weighted by Crippen LogP contribution is -2.45. The van der Waals surface area contributed by atoms with Gasteiger partial charge in [-0.1, -0.05) is 30.3 Å². The van der Waals surface area contributed by atoms with Gasteiger partial charge in [0.15, 0.2) is 0 Å². The van der Waals surface area contributed by atoms with Crippen LogP contribution in [0.25, 0.3) is 0 Å². The second kappa shape index (κ2) is 7.78. The maximum absolute atomic E-state index is 12.8. The molecular formula is C21H24N4O2. The topological polar surface area (TPSA) is 74.3 Å². The molecule has 0 aliphatic carbocycles. The number of nitrogens with zero attached hydrogens (tertiary/aromatic N) is 2. The third kappa shape index (κ3) is 3.79. The van der Waals surface area contributed by atoms with Crippen LogP contribution in [0.4, 0.5) is 5.82 Å². The van der Waals surface area contributed by atoms with Crippen LogP contribution in [0, 0.1) is 0 Å². The molecule has 27 heavy (non-hydrogen) atoms. The highest BCUT2D eigenvalue weighted by molar-refractivity contribution is 6.35. The predicted molar refractivity (Wildman–Crippen MR) is 103 cm³/mol. The van der Waals surface area contributed by atoms with Crippen molar-refractivity contribution in [1.29, 1.82) is 0 Å². The number of hydrogen-bond acceptors (Lipinski definition) is 4. The summed E-state index contributed by atoms with van der Waals surface area (Å²) in [6.07, 6.45) is 5.42. The Kier molecular flexibility index (Phi) is 5.05. The number of benzene rings is 1. The monoisotopic (exact) mass is 364 g/mol. The van der Waals surface area contributed by atoms with Crippen molar-refractivity contribution in [3.8, 4) is 0 Å². The molecule has 1 unspecified atom stereocenters. The van der Waals surface area contributed by atoms with E-state index in [1.54, 1.807) is 11.1 Å². The number of carbonyl (C=O) groups excluding carboxylic acids is 2. The number of hydrogen-bond donors (Lipinski definition) is 2. The number of aromatic nitrogens is 1. The first-order chi connectivity index (χ1) is 13.2. The van der Waals surface area contributed by atoms with Crippen LogP contribution >= 0.6 is 0 Å². The zero-order chi connectivity index (χ0) is 18.6. The van der Waals surface area contributed by atoms with Crippen molar-refractivity contribution in [3.63, 3.8) is 0 Å². The Morgan fingerprint density at radius 2 is 1.96 bits per heavy atom. The minimum absolute atomic E-state index is 0.187. The van der Waals surface area contributed by atoms with E-state index in [0.29, 0.717) is 13.1 Å². The first kappa shape index (κ1) is 17.5. The summed E-state index contributed by atoms with van der Waals surface area (Å²) in [4.78, 5) is 31.5. The third-order valence-electron chi connectivity index (χ3n) is 5.33. The van der Waals surface area contributed by atoms with E-state index in [1.807, 2.05) is 30.3 Å². The second-order valence-corrected chi connectivity index (χ2v) is 7.14. The molecule has 2 amide bonds. The van der Waals surface area contributed by atoms with E-state index in [2.05, 4.69) is 21.7 Å². The second-order valence-electron chi connectivity index (χ2n) is 7.14. The molecule has 1 aromatic carbocycles. The Morgan fingerprint density at radius 3 is 2.85 bits per heavy atom. The lowest BCUT2D eigenvalue weighted by atomic mass is 9.99. The van der Waals surface area contributed by atoms with Gasteiger partial charge in [0.05, 0.1) is 6.04 Å². The van der Waals surface area contributed by atoms with Crippen molar-refractivity contribution < 1.29 is 9.59 Å². The Morgan fingerprint density at radius 1 is 1.11 bits per heavy atom. The molecule has 2 aliphatic rings. The molecule has 2 aliphatic heterocycles. The Labute approximate surface area is 159 Å². The summed E-state index contributed by atoms with van der Waals surface area (Å²) < 4.78 is 0. The zero-order valence-corrected chi connectivity index (χ0v) is 15.3. The Balaban J connectivity index is 1.47. The average Bonchev–Trinajstić information content (AvgIpc) is 2.68. The molecule has 140 valence electrons. The van der Waals surface area contributed by atoms with Gasteiger partial charge in [-0.05, 0) is 42.9 Å². The van der Waals surface area contributed by atoms with E-state index in [1.165, 1.54) is 5.56 Å². The first-order valence-electron chi connectivity index (χ1n) is 9.58. The van der Waals surface area contributed by atoms with Gasteiger partial charge < -0.3 is 15.5 Å². The fraction of sp³-hybridized carbons (Fsp3) is 0.381. The van der Waals surface area contributed by atoms with E-state index in [0.717, 1.165) is 49.2 Å². The van der Waals surface area contributed by atoms with Gasteiger partial charge in [-0.3, -0.25) is 9.59 Å². The number of anilines is 1. The van der Waals surface area contributed by atoms with Crippen LogP contribution in [0.1, 0.15) is 42.0 Å². The van der Waals surface area contributed by atoms with Crippen molar-refractivity contribution in [2.24, 2.45) is 0 Å². The number of fused-ring (bicyclic) bond motifs is 2. The molecule has 0 fully saturated rings. The molecule has 2 N–H and O–H groups in total. The number of aryl methyl sites for hydroxylation is 1. The standard InChI is InChI=1S/C21H24N4O2/c26-20(24-18-10-12-23-19-17(18)9-5-11-22-19)21(27)25-13-4-3-7-15-6-1-2-8-16(15)14-25/h1-2,5-6,8-9,11,18H,3-4,7,10,12-14H2,(H,22,23)(H,24,26). The molecule has 2 aromatic rings. The molecule has 0 saturated carbocycles. The van der Waals surface area contributed by atoms with Crippen molar-refractivity contribution in [1.82, 2.24) is 15.2 Å². The van der Waals surface area contributed by atoms with Crippen LogP contribution in [0.15, 0.2) is 42.6 Å². The van der Waals surface area contributed by atoms with Crippen molar-refractivity contribution in [2.75, 3.05) is 18.4 Å². The fourth-order valence-corrected chi connectivity index (χ4v) is 3.88. The van der Waals surface area contributed by atoms with Crippen molar-refractivity contribution >= 4 is 17.6 Å². The molecule has 3 heterocycles. The molecule has 6 nitrogen and oxygen atoms in total. The highest BCUT2D eigenvalue weighted by Gasteiger charge is 2.28. The lowest BCUT2D eigenvalue weighted by Gasteiger charge is -2.29. The third-order valence-corrected chi connectivity index (χ3v) is 5.33. The molecular weight excluding hydrogens is 340 g/mol. The van der Waals surface area contributed by atoms with Crippen LogP contribution in [-0.2, 0) is 22.6 Å². The van der Waals surface area contributed by atoms with Gasteiger partial charge in [-0.15, -0.1) is 0 Å². The summed E-state index contributed by atoms with van der Waals surface area (Å²) in [5.41, 5.74) is 3.34. The van der Waals surface area contributed by atoms with Gasteiger partial charge in [-0.2, -0.15) is 0 Å². The minimum Gasteiger partial charge on any atom is -0.370 e. The predicted octanol–water partition coefficient (Wildman–Crippen LogP) is 2.42. The Bertz CT molecular complexity index is 852. The summed E-state index contributed by atoms with van der Waals surface area (Å²) in [6, 6.07) is 11.8. The summed E-state index contributed by atoms with van der Waals surface area (Å²) in [5.74, 6) is -0.202. The summed E-state index contributed by atoms with van der Waals surface area (Å²) in [6.45, 7) is 1.83. The SMILES string of the molecule is O=C(NC1CCNc2ncccc21)C(=O)N1CCCCc2ccccc2C1. The summed E-state index contributed by atoms with van der Waals surface area (Å²) in [5, 5.41) is 6.15. The number of nitrogens with one attached hydrogen (secondary N) is 2. The van der Waals surface area contributed by atoms with Gasteiger partial charge in [-0.25, -0.2) is 4.98 Å². The smallest absolute Gasteiger partial charge is 0.312 e. The van der Waals surface area contributed by atoms with E-state index in [9.17, 15) is 9.59 Å². The van der Waals surface area contributed by atoms with Crippen molar-refractivity contribution in [2.45, 2.75) is 38.3 Å². The van der Waals surface area contributed by atoms with Gasteiger partial charge in [0.1, 0.15) is 5.82 Å². The van der Waals surface area contributed by atoms with Crippen LogP contribution in [-0.4, -0.2) is 34.8 Å². The highest BCUT2D eigenvalue weighted by Crippen LogP contribution is 2.27. The molecule has 1 atom stereocenters. The number of carbonyl (C=O) groups is 2.